The van der Waals surface area contributed by atoms with Gasteiger partial charge in [-0.15, -0.1) is 0 Å². The molecule has 0 amide bonds. The maximum atomic E-state index is 4.22. The van der Waals surface area contributed by atoms with Gasteiger partial charge in [0.05, 0.1) is 0 Å². The zero-order chi connectivity index (χ0) is 8.27. The quantitative estimate of drug-likeness (QED) is 0.689. The van der Waals surface area contributed by atoms with E-state index in [-0.39, 0.29) is 0 Å². The molecule has 60 valence electrons. The van der Waals surface area contributed by atoms with Crippen molar-refractivity contribution in [3.8, 4) is 0 Å². The van der Waals surface area contributed by atoms with Crippen molar-refractivity contribution < 1.29 is 0 Å². The lowest BCUT2D eigenvalue weighted by molar-refractivity contribution is 1.00. The van der Waals surface area contributed by atoms with Crippen LogP contribution in [0.1, 0.15) is 29.9 Å². The third-order valence-electron chi connectivity index (χ3n) is 1.66. The average molecular weight is 214 g/mol. The Morgan fingerprint density at radius 1 is 1.64 bits per heavy atom. The number of hydrogen-bond donors (Lipinski definition) is 0. The highest BCUT2D eigenvalue weighted by Crippen LogP contribution is 2.21. The highest BCUT2D eigenvalue weighted by atomic mass is 79.9. The van der Waals surface area contributed by atoms with Crippen LogP contribution in [0.25, 0.3) is 0 Å². The number of nitrogens with zero attached hydrogens (tertiary/aromatic N) is 1. The lowest BCUT2D eigenvalue weighted by Crippen LogP contribution is -1.90. The Bertz CT molecular complexity index is 233. The highest BCUT2D eigenvalue weighted by molar-refractivity contribution is 9.09. The second kappa shape index (κ2) is 3.86. The number of alkyl halides is 1. The van der Waals surface area contributed by atoms with Crippen molar-refractivity contribution >= 4 is 15.9 Å². The van der Waals surface area contributed by atoms with Crippen molar-refractivity contribution in [1.29, 1.82) is 0 Å². The summed E-state index contributed by atoms with van der Waals surface area (Å²) in [7, 11) is 0. The summed E-state index contributed by atoms with van der Waals surface area (Å²) in [6.45, 7) is 4.24. The van der Waals surface area contributed by atoms with E-state index in [9.17, 15) is 0 Å². The standard InChI is InChI=1S/C9H12BrN/c1-3-9-6-8(7(2)10)4-5-11-9/h4-7H,3H2,1-2H3. The van der Waals surface area contributed by atoms with E-state index in [2.05, 4.69) is 40.8 Å². The zero-order valence-corrected chi connectivity index (χ0v) is 8.43. The highest BCUT2D eigenvalue weighted by Gasteiger charge is 2.00. The summed E-state index contributed by atoms with van der Waals surface area (Å²) in [4.78, 5) is 4.65. The lowest BCUT2D eigenvalue weighted by atomic mass is 10.1. The molecule has 1 heterocycles. The summed E-state index contributed by atoms with van der Waals surface area (Å²) < 4.78 is 0. The first-order valence-corrected chi connectivity index (χ1v) is 4.74. The van der Waals surface area contributed by atoms with Crippen LogP contribution in [0.2, 0.25) is 0 Å². The van der Waals surface area contributed by atoms with E-state index < -0.39 is 0 Å². The first kappa shape index (κ1) is 8.72. The summed E-state index contributed by atoms with van der Waals surface area (Å²) >= 11 is 3.52. The number of pyridine rings is 1. The zero-order valence-electron chi connectivity index (χ0n) is 6.84. The molecule has 1 aromatic rings. The molecule has 0 fully saturated rings. The monoisotopic (exact) mass is 213 g/mol. The van der Waals surface area contributed by atoms with E-state index in [4.69, 9.17) is 0 Å². The van der Waals surface area contributed by atoms with Gasteiger partial charge in [-0.1, -0.05) is 22.9 Å². The van der Waals surface area contributed by atoms with Gasteiger partial charge in [0.1, 0.15) is 0 Å². The number of hydrogen-bond acceptors (Lipinski definition) is 1. The molecule has 0 aliphatic carbocycles. The molecule has 0 spiro atoms. The third kappa shape index (κ3) is 2.29. The molecule has 1 rings (SSSR count). The Morgan fingerprint density at radius 2 is 2.36 bits per heavy atom. The largest absolute Gasteiger partial charge is 0.261 e. The second-order valence-corrected chi connectivity index (χ2v) is 3.92. The van der Waals surface area contributed by atoms with E-state index in [0.29, 0.717) is 4.83 Å². The Hall–Kier alpha value is -0.370. The topological polar surface area (TPSA) is 12.9 Å². The molecule has 0 aromatic carbocycles. The Kier molecular flexibility index (Phi) is 3.06. The van der Waals surface area contributed by atoms with E-state index >= 15 is 0 Å². The normalized spacial score (nSPS) is 13.0. The van der Waals surface area contributed by atoms with E-state index in [1.807, 2.05) is 12.3 Å². The van der Waals surface area contributed by atoms with Crippen LogP contribution < -0.4 is 0 Å². The molecule has 0 radical (unpaired) electrons. The average Bonchev–Trinajstić information content (AvgIpc) is 2.05. The predicted octanol–water partition coefficient (Wildman–Crippen LogP) is 3.10. The molecule has 0 bridgehead atoms. The molecule has 0 aliphatic rings. The van der Waals surface area contributed by atoms with Crippen molar-refractivity contribution in [2.24, 2.45) is 0 Å². The smallest absolute Gasteiger partial charge is 0.0404 e. The van der Waals surface area contributed by atoms with E-state index in [1.165, 1.54) is 5.56 Å². The minimum atomic E-state index is 0.427. The predicted molar refractivity (Wildman–Crippen MR) is 51.0 cm³/mol. The van der Waals surface area contributed by atoms with E-state index in [0.717, 1.165) is 12.1 Å². The van der Waals surface area contributed by atoms with Gasteiger partial charge in [-0.05, 0) is 31.0 Å². The van der Waals surface area contributed by atoms with Gasteiger partial charge in [0.2, 0.25) is 0 Å². The van der Waals surface area contributed by atoms with Crippen molar-refractivity contribution in [1.82, 2.24) is 4.98 Å². The minimum absolute atomic E-state index is 0.427. The van der Waals surface area contributed by atoms with Crippen LogP contribution in [0.15, 0.2) is 18.3 Å². The van der Waals surface area contributed by atoms with Gasteiger partial charge >= 0.3 is 0 Å². The maximum Gasteiger partial charge on any atom is 0.0404 e. The van der Waals surface area contributed by atoms with Gasteiger partial charge in [-0.3, -0.25) is 4.98 Å². The van der Waals surface area contributed by atoms with Gasteiger partial charge in [-0.2, -0.15) is 0 Å². The van der Waals surface area contributed by atoms with Gasteiger partial charge in [-0.25, -0.2) is 0 Å². The number of aryl methyl sites for hydroxylation is 1. The van der Waals surface area contributed by atoms with Crippen LogP contribution >= 0.6 is 15.9 Å². The molecule has 0 saturated carbocycles. The first-order valence-electron chi connectivity index (χ1n) is 3.83. The summed E-state index contributed by atoms with van der Waals surface area (Å²) in [5.74, 6) is 0. The molecule has 1 aromatic heterocycles. The summed E-state index contributed by atoms with van der Waals surface area (Å²) in [6, 6.07) is 4.18. The van der Waals surface area contributed by atoms with Crippen molar-refractivity contribution in [3.05, 3.63) is 29.6 Å². The summed E-state index contributed by atoms with van der Waals surface area (Å²) in [5.41, 5.74) is 2.46. The Balaban J connectivity index is 2.91. The molecule has 0 aliphatic heterocycles. The van der Waals surface area contributed by atoms with Crippen molar-refractivity contribution in [2.75, 3.05) is 0 Å². The van der Waals surface area contributed by atoms with Gasteiger partial charge in [0.25, 0.3) is 0 Å². The SMILES string of the molecule is CCc1cc(C(C)Br)ccn1. The Morgan fingerprint density at radius 3 is 2.91 bits per heavy atom. The maximum absolute atomic E-state index is 4.22. The number of aromatic nitrogens is 1. The van der Waals surface area contributed by atoms with Crippen LogP contribution in [0.5, 0.6) is 0 Å². The summed E-state index contributed by atoms with van der Waals surface area (Å²) in [5, 5.41) is 0. The van der Waals surface area contributed by atoms with Crippen LogP contribution in [0.3, 0.4) is 0 Å². The van der Waals surface area contributed by atoms with Crippen molar-refractivity contribution in [2.45, 2.75) is 25.1 Å². The van der Waals surface area contributed by atoms with Gasteiger partial charge < -0.3 is 0 Å². The molecular formula is C9H12BrN. The second-order valence-electron chi connectivity index (χ2n) is 2.55. The molecule has 1 atom stereocenters. The van der Waals surface area contributed by atoms with E-state index in [1.54, 1.807) is 0 Å². The molecule has 1 nitrogen and oxygen atoms in total. The number of rotatable bonds is 2. The van der Waals surface area contributed by atoms with Gasteiger partial charge in [0.15, 0.2) is 0 Å². The molecule has 0 saturated heterocycles. The van der Waals surface area contributed by atoms with Crippen molar-refractivity contribution in [3.63, 3.8) is 0 Å². The molecular weight excluding hydrogens is 202 g/mol. The fourth-order valence-corrected chi connectivity index (χ4v) is 1.22. The summed E-state index contributed by atoms with van der Waals surface area (Å²) in [6.07, 6.45) is 2.87. The molecule has 0 N–H and O–H groups in total. The molecule has 11 heavy (non-hydrogen) atoms. The molecule has 2 heteroatoms. The number of halogens is 1. The minimum Gasteiger partial charge on any atom is -0.261 e. The third-order valence-corrected chi connectivity index (χ3v) is 2.19. The first-order chi connectivity index (χ1) is 5.24. The Labute approximate surface area is 76.0 Å². The van der Waals surface area contributed by atoms with Crippen LogP contribution in [0.4, 0.5) is 0 Å². The van der Waals surface area contributed by atoms with Crippen LogP contribution in [0, 0.1) is 0 Å². The van der Waals surface area contributed by atoms with Crippen LogP contribution in [-0.4, -0.2) is 4.98 Å². The fourth-order valence-electron chi connectivity index (χ4n) is 0.938. The lowest BCUT2D eigenvalue weighted by Gasteiger charge is -2.03. The fraction of sp³-hybridized carbons (Fsp3) is 0.444. The van der Waals surface area contributed by atoms with Gasteiger partial charge in [0, 0.05) is 16.7 Å². The van der Waals surface area contributed by atoms with Crippen LogP contribution in [-0.2, 0) is 6.42 Å². The molecule has 1 unspecified atom stereocenters.